The summed E-state index contributed by atoms with van der Waals surface area (Å²) in [5, 5.41) is 13.1. The predicted octanol–water partition coefficient (Wildman–Crippen LogP) is 2.35. The molecule has 6 heteroatoms. The molecule has 0 atom stereocenters. The van der Waals surface area contributed by atoms with Gasteiger partial charge in [-0.3, -0.25) is 4.68 Å². The summed E-state index contributed by atoms with van der Waals surface area (Å²) in [7, 11) is 1.90. The third-order valence-electron chi connectivity index (χ3n) is 3.15. The van der Waals surface area contributed by atoms with E-state index in [9.17, 15) is 0 Å². The number of imidazole rings is 1. The highest BCUT2D eigenvalue weighted by molar-refractivity contribution is 7.71. The molecule has 2 heterocycles. The zero-order valence-electron chi connectivity index (χ0n) is 10.3. The van der Waals surface area contributed by atoms with Gasteiger partial charge in [-0.1, -0.05) is 0 Å². The van der Waals surface area contributed by atoms with Gasteiger partial charge in [0.1, 0.15) is 0 Å². The van der Waals surface area contributed by atoms with Crippen molar-refractivity contribution in [2.75, 3.05) is 0 Å². The second-order valence-electron chi connectivity index (χ2n) is 4.31. The smallest absolute Gasteiger partial charge is 0.178 e. The molecule has 1 N–H and O–H groups in total. The molecular formula is C13H11N5S. The maximum atomic E-state index is 8.99. The Kier molecular flexibility index (Phi) is 2.69. The van der Waals surface area contributed by atoms with Gasteiger partial charge in [-0.2, -0.15) is 10.4 Å². The van der Waals surface area contributed by atoms with Gasteiger partial charge >= 0.3 is 0 Å². The first-order valence-corrected chi connectivity index (χ1v) is 6.19. The van der Waals surface area contributed by atoms with Gasteiger partial charge in [0.05, 0.1) is 34.9 Å². The molecule has 94 valence electrons. The molecule has 0 amide bonds. The molecule has 0 aliphatic carbocycles. The van der Waals surface area contributed by atoms with E-state index in [2.05, 4.69) is 16.2 Å². The van der Waals surface area contributed by atoms with Crippen LogP contribution in [0.25, 0.3) is 11.0 Å². The van der Waals surface area contributed by atoms with Crippen molar-refractivity contribution in [1.29, 1.82) is 5.26 Å². The monoisotopic (exact) mass is 269 g/mol. The summed E-state index contributed by atoms with van der Waals surface area (Å²) < 4.78 is 4.43. The summed E-state index contributed by atoms with van der Waals surface area (Å²) in [6.07, 6.45) is 1.76. The van der Waals surface area contributed by atoms with Crippen LogP contribution in [0.2, 0.25) is 0 Å². The Labute approximate surface area is 114 Å². The highest BCUT2D eigenvalue weighted by Gasteiger charge is 2.08. The molecule has 0 aliphatic rings. The van der Waals surface area contributed by atoms with Crippen molar-refractivity contribution in [2.24, 2.45) is 7.05 Å². The Bertz CT molecular complexity index is 846. The first-order chi connectivity index (χ1) is 9.19. The summed E-state index contributed by atoms with van der Waals surface area (Å²) >= 11 is 5.34. The van der Waals surface area contributed by atoms with Crippen LogP contribution < -0.4 is 0 Å². The van der Waals surface area contributed by atoms with Crippen molar-refractivity contribution in [3.05, 3.63) is 46.5 Å². The summed E-state index contributed by atoms with van der Waals surface area (Å²) in [5.74, 6) is 0. The fourth-order valence-corrected chi connectivity index (χ4v) is 2.37. The van der Waals surface area contributed by atoms with Crippen LogP contribution in [0.3, 0.4) is 0 Å². The highest BCUT2D eigenvalue weighted by atomic mass is 32.1. The molecule has 1 aromatic carbocycles. The lowest BCUT2D eigenvalue weighted by molar-refractivity contribution is 0.671. The minimum atomic E-state index is 0.625. The number of aromatic nitrogens is 4. The highest BCUT2D eigenvalue weighted by Crippen LogP contribution is 2.17. The van der Waals surface area contributed by atoms with Gasteiger partial charge in [-0.15, -0.1) is 0 Å². The maximum Gasteiger partial charge on any atom is 0.178 e. The Morgan fingerprint density at radius 2 is 2.26 bits per heavy atom. The topological polar surface area (TPSA) is 62.3 Å². The predicted molar refractivity (Wildman–Crippen MR) is 74.1 cm³/mol. The normalized spacial score (nSPS) is 10.7. The van der Waals surface area contributed by atoms with Crippen LogP contribution in [0.4, 0.5) is 0 Å². The maximum absolute atomic E-state index is 8.99. The molecule has 0 aliphatic heterocycles. The lowest BCUT2D eigenvalue weighted by atomic mass is 10.2. The second kappa shape index (κ2) is 4.37. The third kappa shape index (κ3) is 1.94. The number of nitrogens with one attached hydrogen (secondary N) is 1. The number of hydrogen-bond donors (Lipinski definition) is 1. The Morgan fingerprint density at radius 3 is 2.95 bits per heavy atom. The Hall–Kier alpha value is -2.39. The van der Waals surface area contributed by atoms with Crippen molar-refractivity contribution >= 4 is 23.3 Å². The van der Waals surface area contributed by atoms with Crippen LogP contribution in [0.15, 0.2) is 30.5 Å². The molecule has 0 spiro atoms. The first kappa shape index (κ1) is 11.7. The number of nitriles is 1. The number of hydrogen-bond acceptors (Lipinski definition) is 3. The van der Waals surface area contributed by atoms with Gasteiger partial charge in [-0.25, -0.2) is 0 Å². The molecule has 0 unspecified atom stereocenters. The van der Waals surface area contributed by atoms with E-state index in [1.54, 1.807) is 12.3 Å². The van der Waals surface area contributed by atoms with Gasteiger partial charge in [0.2, 0.25) is 0 Å². The van der Waals surface area contributed by atoms with E-state index in [1.807, 2.05) is 34.5 Å². The summed E-state index contributed by atoms with van der Waals surface area (Å²) in [6, 6.07) is 9.60. The second-order valence-corrected chi connectivity index (χ2v) is 4.69. The number of fused-ring (bicyclic) bond motifs is 1. The molecule has 0 bridgehead atoms. The van der Waals surface area contributed by atoms with Gasteiger partial charge in [0.15, 0.2) is 4.77 Å². The molecule has 19 heavy (non-hydrogen) atoms. The minimum Gasteiger partial charge on any atom is -0.331 e. The molecular weight excluding hydrogens is 258 g/mol. The van der Waals surface area contributed by atoms with Crippen LogP contribution >= 0.6 is 12.2 Å². The van der Waals surface area contributed by atoms with Crippen molar-refractivity contribution in [2.45, 2.75) is 6.54 Å². The summed E-state index contributed by atoms with van der Waals surface area (Å²) in [6.45, 7) is 0.629. The average Bonchev–Trinajstić information content (AvgIpc) is 2.94. The zero-order chi connectivity index (χ0) is 13.4. The SMILES string of the molecule is Cn1nccc1Cn1c(=S)[nH]c2ccc(C#N)cc21. The van der Waals surface area contributed by atoms with E-state index in [0.717, 1.165) is 16.7 Å². The largest absolute Gasteiger partial charge is 0.331 e. The number of aromatic amines is 1. The number of H-pyrrole nitrogens is 1. The quantitative estimate of drug-likeness (QED) is 0.726. The van der Waals surface area contributed by atoms with Crippen LogP contribution in [-0.4, -0.2) is 19.3 Å². The van der Waals surface area contributed by atoms with Crippen LogP contribution in [0.5, 0.6) is 0 Å². The molecule has 0 fully saturated rings. The average molecular weight is 269 g/mol. The molecule has 3 rings (SSSR count). The first-order valence-electron chi connectivity index (χ1n) is 5.78. The fourth-order valence-electron chi connectivity index (χ4n) is 2.10. The molecule has 0 saturated heterocycles. The van der Waals surface area contributed by atoms with Gasteiger partial charge < -0.3 is 9.55 Å². The molecule has 5 nitrogen and oxygen atoms in total. The number of aryl methyl sites for hydroxylation is 1. The van der Waals surface area contributed by atoms with Gasteiger partial charge in [-0.05, 0) is 36.5 Å². The van der Waals surface area contributed by atoms with E-state index in [-0.39, 0.29) is 0 Å². The van der Waals surface area contributed by atoms with Crippen LogP contribution in [0.1, 0.15) is 11.3 Å². The van der Waals surface area contributed by atoms with E-state index < -0.39 is 0 Å². The summed E-state index contributed by atoms with van der Waals surface area (Å²) in [4.78, 5) is 3.15. The number of benzene rings is 1. The number of rotatable bonds is 2. The van der Waals surface area contributed by atoms with Gasteiger partial charge in [0.25, 0.3) is 0 Å². The molecule has 2 aromatic heterocycles. The van der Waals surface area contributed by atoms with Crippen LogP contribution in [0, 0.1) is 16.1 Å². The molecule has 0 saturated carbocycles. The van der Waals surface area contributed by atoms with Crippen molar-refractivity contribution in [3.8, 4) is 6.07 Å². The van der Waals surface area contributed by atoms with E-state index in [4.69, 9.17) is 17.5 Å². The molecule has 3 aromatic rings. The minimum absolute atomic E-state index is 0.625. The summed E-state index contributed by atoms with van der Waals surface area (Å²) in [5.41, 5.74) is 3.55. The Balaban J connectivity index is 2.17. The lowest BCUT2D eigenvalue weighted by Gasteiger charge is -2.05. The van der Waals surface area contributed by atoms with Crippen molar-refractivity contribution in [3.63, 3.8) is 0 Å². The van der Waals surface area contributed by atoms with E-state index >= 15 is 0 Å². The standard InChI is InChI=1S/C13H11N5S/c1-17-10(4-5-15-17)8-18-12-6-9(7-14)2-3-11(12)16-13(18)19/h2-6H,8H2,1H3,(H,16,19). The van der Waals surface area contributed by atoms with Crippen molar-refractivity contribution in [1.82, 2.24) is 19.3 Å². The Morgan fingerprint density at radius 1 is 1.42 bits per heavy atom. The molecule has 0 radical (unpaired) electrons. The van der Waals surface area contributed by atoms with Crippen molar-refractivity contribution < 1.29 is 0 Å². The lowest BCUT2D eigenvalue weighted by Crippen LogP contribution is -2.05. The van der Waals surface area contributed by atoms with Crippen LogP contribution in [-0.2, 0) is 13.6 Å². The zero-order valence-corrected chi connectivity index (χ0v) is 11.1. The number of nitrogens with zero attached hydrogens (tertiary/aromatic N) is 4. The van der Waals surface area contributed by atoms with E-state index in [0.29, 0.717) is 16.9 Å². The van der Waals surface area contributed by atoms with Gasteiger partial charge in [0, 0.05) is 13.2 Å². The van der Waals surface area contributed by atoms with E-state index in [1.165, 1.54) is 0 Å². The fraction of sp³-hybridized carbons (Fsp3) is 0.154. The third-order valence-corrected chi connectivity index (χ3v) is 3.47.